The third-order valence-electron chi connectivity index (χ3n) is 10.4. The minimum Gasteiger partial charge on any atom is -0.381 e. The van der Waals surface area contributed by atoms with Gasteiger partial charge in [-0.15, -0.1) is 0 Å². The monoisotopic (exact) mass is 683 g/mol. The maximum Gasteiger partial charge on any atom is 0.272 e. The van der Waals surface area contributed by atoms with E-state index in [0.29, 0.717) is 25.8 Å². The first-order valence-corrected chi connectivity index (χ1v) is 18.2. The molecule has 0 spiro atoms. The molecule has 49 heavy (non-hydrogen) atoms. The summed E-state index contributed by atoms with van der Waals surface area (Å²) in [5.74, 6) is -2.31. The van der Waals surface area contributed by atoms with Crippen LogP contribution >= 0.6 is 0 Å². The Bertz CT molecular complexity index is 1310. The normalized spacial score (nSPS) is 23.9. The fraction of sp³-hybridized carbons (Fsp3) is 0.750. The second kappa shape index (κ2) is 16.9. The van der Waals surface area contributed by atoms with Gasteiger partial charge in [0.1, 0.15) is 23.8 Å². The van der Waals surface area contributed by atoms with Crippen molar-refractivity contribution >= 4 is 29.5 Å². The van der Waals surface area contributed by atoms with Crippen molar-refractivity contribution in [3.63, 3.8) is 0 Å². The molecular weight excluding hydrogens is 626 g/mol. The highest BCUT2D eigenvalue weighted by Gasteiger charge is 2.48. The number of aliphatic hydroxyl groups is 1. The van der Waals surface area contributed by atoms with Crippen molar-refractivity contribution in [2.45, 2.75) is 142 Å². The second-order valence-electron chi connectivity index (χ2n) is 15.6. The number of rotatable bonds is 14. The van der Waals surface area contributed by atoms with Crippen molar-refractivity contribution in [3.8, 4) is 0 Å². The Morgan fingerprint density at radius 3 is 2.24 bits per heavy atom. The first-order valence-electron chi connectivity index (χ1n) is 18.2. The quantitative estimate of drug-likeness (QED) is 0.198. The molecule has 3 fully saturated rings. The Balaban J connectivity index is 1.53. The van der Waals surface area contributed by atoms with Crippen LogP contribution in [0.5, 0.6) is 0 Å². The lowest BCUT2D eigenvalue weighted by molar-refractivity contribution is -0.145. The van der Waals surface area contributed by atoms with Gasteiger partial charge in [0.05, 0.1) is 12.2 Å². The molecule has 0 radical (unpaired) electrons. The van der Waals surface area contributed by atoms with Gasteiger partial charge < -0.3 is 31.3 Å². The zero-order valence-corrected chi connectivity index (χ0v) is 30.0. The highest BCUT2D eigenvalue weighted by molar-refractivity contribution is 5.98. The summed E-state index contributed by atoms with van der Waals surface area (Å²) in [4.78, 5) is 77.9. The smallest absolute Gasteiger partial charge is 0.272 e. The van der Waals surface area contributed by atoms with Crippen LogP contribution in [-0.2, 0) is 19.2 Å². The van der Waals surface area contributed by atoms with E-state index in [-0.39, 0.29) is 29.5 Å². The predicted octanol–water partition coefficient (Wildman–Crippen LogP) is 2.48. The Morgan fingerprint density at radius 1 is 0.959 bits per heavy atom. The summed E-state index contributed by atoms with van der Waals surface area (Å²) < 4.78 is 0. The Kier molecular flexibility index (Phi) is 13.1. The number of hydrogen-bond donors (Lipinski definition) is 5. The number of nitrogens with zero attached hydrogens (tertiary/aromatic N) is 3. The van der Waals surface area contributed by atoms with Crippen LogP contribution in [0.15, 0.2) is 18.6 Å². The molecular formula is C36H57N7O6. The van der Waals surface area contributed by atoms with Gasteiger partial charge in [-0.25, -0.2) is 4.98 Å². The van der Waals surface area contributed by atoms with Crippen LogP contribution in [0.2, 0.25) is 0 Å². The molecule has 1 aromatic rings. The molecule has 272 valence electrons. The molecule has 2 heterocycles. The largest absolute Gasteiger partial charge is 0.381 e. The molecule has 7 atom stereocenters. The lowest BCUT2D eigenvalue weighted by Gasteiger charge is -2.37. The molecule has 13 heteroatoms. The van der Waals surface area contributed by atoms with Crippen LogP contribution in [0.25, 0.3) is 0 Å². The van der Waals surface area contributed by atoms with Gasteiger partial charge >= 0.3 is 0 Å². The summed E-state index contributed by atoms with van der Waals surface area (Å²) in [5, 5.41) is 22.4. The van der Waals surface area contributed by atoms with Gasteiger partial charge in [-0.1, -0.05) is 80.1 Å². The lowest BCUT2D eigenvalue weighted by Crippen LogP contribution is -2.62. The minimum absolute atomic E-state index is 0.0194. The van der Waals surface area contributed by atoms with Gasteiger partial charge in [-0.2, -0.15) is 0 Å². The summed E-state index contributed by atoms with van der Waals surface area (Å²) >= 11 is 0. The number of amides is 5. The summed E-state index contributed by atoms with van der Waals surface area (Å²) in [5.41, 5.74) is -0.646. The van der Waals surface area contributed by atoms with Crippen molar-refractivity contribution < 1.29 is 29.1 Å². The zero-order chi connectivity index (χ0) is 35.9. The third kappa shape index (κ3) is 10.2. The molecule has 0 bridgehead atoms. The third-order valence-corrected chi connectivity index (χ3v) is 10.4. The molecule has 5 N–H and O–H groups in total. The Hall–Kier alpha value is -3.61. The second-order valence-corrected chi connectivity index (χ2v) is 15.6. The van der Waals surface area contributed by atoms with Crippen LogP contribution in [0.3, 0.4) is 0 Å². The molecule has 1 unspecified atom stereocenters. The Labute approximate surface area is 290 Å². The number of aromatic nitrogens is 2. The standard InChI is InChI=1S/C36H57N7O6/c1-7-11-25(29(44)34(48)39-24-14-15-24)40-33(47)28-22(3)21(2)20-43(28)35(49)30(36(4,5)6)42-31(45)26(18-23-12-9-8-10-13-23)41-32(46)27-19-37-16-17-38-27/h16-17,19,21-26,28-30,44H,7-15,18,20H2,1-6H3,(H,39,48)(H,40,47)(H,41,46)(H,42,45)/t21-,22-,25-,26-,28-,29?,30+/m0/s1. The number of likely N-dealkylation sites (tertiary alicyclic amines) is 1. The maximum atomic E-state index is 14.5. The van der Waals surface area contributed by atoms with Crippen molar-refractivity contribution in [2.24, 2.45) is 23.2 Å². The van der Waals surface area contributed by atoms with Gasteiger partial charge in [-0.3, -0.25) is 29.0 Å². The molecule has 2 aliphatic carbocycles. The number of carbonyl (C=O) groups is 5. The van der Waals surface area contributed by atoms with Gasteiger partial charge in [0.15, 0.2) is 6.10 Å². The molecule has 1 aromatic heterocycles. The molecule has 0 aromatic carbocycles. The molecule has 5 amide bonds. The first kappa shape index (κ1) is 38.2. The van der Waals surface area contributed by atoms with Crippen LogP contribution in [0, 0.1) is 23.2 Å². The number of hydrogen-bond acceptors (Lipinski definition) is 8. The van der Waals surface area contributed by atoms with E-state index in [1.54, 1.807) is 0 Å². The minimum atomic E-state index is -1.41. The molecule has 1 saturated heterocycles. The van der Waals surface area contributed by atoms with Gasteiger partial charge in [-0.05, 0) is 48.9 Å². The SMILES string of the molecule is CCC[C@H](NC(=O)[C@@H]1[C@@H](C)[C@@H](C)CN1C(=O)[C@@H](NC(=O)[C@H](CC1CCCCC1)NC(=O)c1cnccn1)C(C)(C)C)C(O)C(=O)NC1CC1. The van der Waals surface area contributed by atoms with Crippen LogP contribution < -0.4 is 21.3 Å². The molecule has 13 nitrogen and oxygen atoms in total. The van der Waals surface area contributed by atoms with Crippen molar-refractivity contribution in [2.75, 3.05) is 6.54 Å². The molecule has 1 aliphatic heterocycles. The summed E-state index contributed by atoms with van der Waals surface area (Å²) in [6.07, 6.45) is 11.2. The van der Waals surface area contributed by atoms with E-state index >= 15 is 0 Å². The molecule has 2 saturated carbocycles. The fourth-order valence-electron chi connectivity index (χ4n) is 7.07. The van der Waals surface area contributed by atoms with E-state index in [9.17, 15) is 29.1 Å². The highest BCUT2D eigenvalue weighted by atomic mass is 16.3. The average Bonchev–Trinajstić information content (AvgIpc) is 3.84. The van der Waals surface area contributed by atoms with Crippen molar-refractivity contribution in [1.29, 1.82) is 0 Å². The van der Waals surface area contributed by atoms with Gasteiger partial charge in [0.2, 0.25) is 17.7 Å². The van der Waals surface area contributed by atoms with E-state index in [0.717, 1.165) is 44.9 Å². The van der Waals surface area contributed by atoms with E-state index in [1.807, 2.05) is 41.5 Å². The van der Waals surface area contributed by atoms with Crippen LogP contribution in [-0.4, -0.2) is 92.4 Å². The molecule has 4 rings (SSSR count). The fourth-order valence-corrected chi connectivity index (χ4v) is 7.07. The average molecular weight is 684 g/mol. The first-order chi connectivity index (χ1) is 23.2. The predicted molar refractivity (Wildman–Crippen MR) is 184 cm³/mol. The summed E-state index contributed by atoms with van der Waals surface area (Å²) in [7, 11) is 0. The number of carbonyl (C=O) groups excluding carboxylic acids is 5. The Morgan fingerprint density at radius 2 is 1.65 bits per heavy atom. The zero-order valence-electron chi connectivity index (χ0n) is 30.0. The lowest BCUT2D eigenvalue weighted by atomic mass is 9.83. The van der Waals surface area contributed by atoms with Crippen LogP contribution in [0.4, 0.5) is 0 Å². The topological polar surface area (TPSA) is 183 Å². The van der Waals surface area contributed by atoms with E-state index in [4.69, 9.17) is 0 Å². The molecule has 3 aliphatic rings. The van der Waals surface area contributed by atoms with Gasteiger partial charge in [0.25, 0.3) is 11.8 Å². The van der Waals surface area contributed by atoms with Crippen molar-refractivity contribution in [3.05, 3.63) is 24.3 Å². The number of aliphatic hydroxyl groups excluding tert-OH is 1. The summed E-state index contributed by atoms with van der Waals surface area (Å²) in [6.45, 7) is 11.7. The number of nitrogens with one attached hydrogen (secondary N) is 4. The van der Waals surface area contributed by atoms with E-state index < -0.39 is 65.2 Å². The van der Waals surface area contributed by atoms with E-state index in [1.165, 1.54) is 23.5 Å². The van der Waals surface area contributed by atoms with Gasteiger partial charge in [0, 0.05) is 25.0 Å². The highest BCUT2D eigenvalue weighted by Crippen LogP contribution is 2.33. The maximum absolute atomic E-state index is 14.5. The van der Waals surface area contributed by atoms with Crippen LogP contribution in [0.1, 0.15) is 116 Å². The van der Waals surface area contributed by atoms with Crippen molar-refractivity contribution in [1.82, 2.24) is 36.1 Å². The van der Waals surface area contributed by atoms with E-state index in [2.05, 4.69) is 31.2 Å². The summed E-state index contributed by atoms with van der Waals surface area (Å²) in [6, 6.07) is -3.51.